The van der Waals surface area contributed by atoms with Crippen LogP contribution in [0.2, 0.25) is 10.0 Å². The van der Waals surface area contributed by atoms with Crippen LogP contribution in [0.1, 0.15) is 39.9 Å². The molecule has 38 heavy (non-hydrogen) atoms. The van der Waals surface area contributed by atoms with E-state index in [2.05, 4.69) is 26.7 Å². The monoisotopic (exact) mass is 546 g/mol. The van der Waals surface area contributed by atoms with Crippen LogP contribution in [-0.2, 0) is 4.74 Å². The molecule has 10 heteroatoms. The predicted molar refractivity (Wildman–Crippen MR) is 151 cm³/mol. The highest BCUT2D eigenvalue weighted by Crippen LogP contribution is 2.36. The van der Waals surface area contributed by atoms with Gasteiger partial charge in [0.2, 0.25) is 0 Å². The summed E-state index contributed by atoms with van der Waals surface area (Å²) < 4.78 is 5.06. The summed E-state index contributed by atoms with van der Waals surface area (Å²) in [5, 5.41) is 17.2. The van der Waals surface area contributed by atoms with Crippen molar-refractivity contribution in [2.45, 2.75) is 19.8 Å². The number of hydrogen-bond donors (Lipinski definition) is 3. The summed E-state index contributed by atoms with van der Waals surface area (Å²) in [5.41, 5.74) is 10.6. The van der Waals surface area contributed by atoms with Crippen LogP contribution in [0.15, 0.2) is 67.0 Å². The second-order valence-corrected chi connectivity index (χ2v) is 9.18. The van der Waals surface area contributed by atoms with Gasteiger partial charge in [-0.2, -0.15) is 5.26 Å². The molecule has 0 aliphatic carbocycles. The number of nitrogen functional groups attached to an aromatic ring is 1. The van der Waals surface area contributed by atoms with Crippen molar-refractivity contribution in [1.82, 2.24) is 9.97 Å². The molecule has 1 atom stereocenters. The van der Waals surface area contributed by atoms with Crippen LogP contribution in [0.5, 0.6) is 0 Å². The van der Waals surface area contributed by atoms with Crippen molar-refractivity contribution in [3.05, 3.63) is 99.3 Å². The van der Waals surface area contributed by atoms with Crippen LogP contribution in [0.3, 0.4) is 0 Å². The van der Waals surface area contributed by atoms with Crippen LogP contribution < -0.4 is 16.4 Å². The van der Waals surface area contributed by atoms with Crippen LogP contribution in [-0.4, -0.2) is 22.5 Å². The Morgan fingerprint density at radius 3 is 2.47 bits per heavy atom. The van der Waals surface area contributed by atoms with Crippen LogP contribution in [0.25, 0.3) is 0 Å². The summed E-state index contributed by atoms with van der Waals surface area (Å²) in [7, 11) is 0. The molecule has 4 N–H and O–H groups in total. The molecule has 1 heterocycles. The molecule has 0 saturated carbocycles. The maximum Gasteiger partial charge on any atom is 0.338 e. The van der Waals surface area contributed by atoms with E-state index in [4.69, 9.17) is 33.7 Å². The van der Waals surface area contributed by atoms with Gasteiger partial charge in [-0.05, 0) is 66.9 Å². The normalized spacial score (nSPS) is 11.3. The lowest BCUT2D eigenvalue weighted by molar-refractivity contribution is 0.0526. The first-order chi connectivity index (χ1) is 18.3. The van der Waals surface area contributed by atoms with Gasteiger partial charge in [-0.15, -0.1) is 0 Å². The highest BCUT2D eigenvalue weighted by atomic mass is 35.5. The number of esters is 1. The molecule has 3 aromatic carbocycles. The van der Waals surface area contributed by atoms with E-state index >= 15 is 0 Å². The minimum Gasteiger partial charge on any atom is -0.462 e. The number of nitrogens with two attached hydrogens (primary N) is 1. The second-order valence-electron chi connectivity index (χ2n) is 8.34. The number of rotatable bonds is 8. The molecule has 8 nitrogen and oxygen atoms in total. The van der Waals surface area contributed by atoms with Crippen LogP contribution >= 0.6 is 23.2 Å². The first-order valence-corrected chi connectivity index (χ1v) is 12.4. The number of nitriles is 1. The Labute approximate surface area is 230 Å². The molecular weight excluding hydrogens is 523 g/mol. The predicted octanol–water partition coefficient (Wildman–Crippen LogP) is 6.99. The third-order valence-electron chi connectivity index (χ3n) is 5.76. The van der Waals surface area contributed by atoms with E-state index in [-0.39, 0.29) is 12.3 Å². The smallest absolute Gasteiger partial charge is 0.338 e. The van der Waals surface area contributed by atoms with Crippen molar-refractivity contribution in [3.63, 3.8) is 0 Å². The lowest BCUT2D eigenvalue weighted by Crippen LogP contribution is -2.08. The largest absolute Gasteiger partial charge is 0.462 e. The first kappa shape index (κ1) is 26.7. The lowest BCUT2D eigenvalue weighted by atomic mass is 9.91. The highest BCUT2D eigenvalue weighted by molar-refractivity contribution is 6.32. The molecule has 0 spiro atoms. The second kappa shape index (κ2) is 11.8. The summed E-state index contributed by atoms with van der Waals surface area (Å²) in [6, 6.07) is 19.9. The number of halogens is 2. The van der Waals surface area contributed by atoms with E-state index in [0.29, 0.717) is 44.2 Å². The fraction of sp³-hybridized carbons (Fsp3) is 0.143. The van der Waals surface area contributed by atoms with E-state index in [1.54, 1.807) is 49.4 Å². The maximum absolute atomic E-state index is 12.1. The zero-order valence-electron chi connectivity index (χ0n) is 20.6. The minimum absolute atomic E-state index is 0.268. The molecule has 4 rings (SSSR count). The van der Waals surface area contributed by atoms with Crippen LogP contribution in [0.4, 0.5) is 28.7 Å². The molecule has 0 aliphatic rings. The van der Waals surface area contributed by atoms with Gasteiger partial charge in [-0.3, -0.25) is 0 Å². The third-order valence-corrected chi connectivity index (χ3v) is 6.34. The molecule has 0 fully saturated rings. The van der Waals surface area contributed by atoms with Crippen molar-refractivity contribution < 1.29 is 9.53 Å². The number of nitrogens with zero attached hydrogens (tertiary/aromatic N) is 3. The van der Waals surface area contributed by atoms with Crippen molar-refractivity contribution in [2.24, 2.45) is 0 Å². The quantitative estimate of drug-likeness (QED) is 0.202. The Hall–Kier alpha value is -4.32. The van der Waals surface area contributed by atoms with Gasteiger partial charge in [0.1, 0.15) is 12.0 Å². The van der Waals surface area contributed by atoms with Gasteiger partial charge in [0.25, 0.3) is 0 Å². The lowest BCUT2D eigenvalue weighted by Gasteiger charge is -2.17. The standard InChI is InChI=1S/C28H24Cl2N6O2/c1-3-38-28(37)18-5-4-6-20(12-18)35-26-25(32)27(34-15-33-26)36-24-13-23(30)21(11-16(24)2)22(14-31)17-7-9-19(29)10-8-17/h4-13,15,22H,3,32H2,1-2H3,(H2,33,34,35,36). The summed E-state index contributed by atoms with van der Waals surface area (Å²) in [5.74, 6) is -0.251. The molecule has 0 saturated heterocycles. The van der Waals surface area contributed by atoms with Gasteiger partial charge in [0.15, 0.2) is 11.6 Å². The Morgan fingerprint density at radius 1 is 1.08 bits per heavy atom. The number of anilines is 5. The molecular formula is C28H24Cl2N6O2. The summed E-state index contributed by atoms with van der Waals surface area (Å²) in [6.45, 7) is 3.93. The summed E-state index contributed by atoms with van der Waals surface area (Å²) >= 11 is 12.6. The topological polar surface area (TPSA) is 126 Å². The van der Waals surface area contributed by atoms with E-state index in [0.717, 1.165) is 11.1 Å². The van der Waals surface area contributed by atoms with Crippen molar-refractivity contribution in [2.75, 3.05) is 23.0 Å². The molecule has 0 amide bonds. The van der Waals surface area contributed by atoms with Crippen molar-refractivity contribution in [1.29, 1.82) is 5.26 Å². The van der Waals surface area contributed by atoms with Crippen molar-refractivity contribution in [3.8, 4) is 6.07 Å². The minimum atomic E-state index is -0.558. The highest BCUT2D eigenvalue weighted by Gasteiger charge is 2.19. The van der Waals surface area contributed by atoms with E-state index < -0.39 is 11.9 Å². The zero-order chi connectivity index (χ0) is 27.2. The zero-order valence-corrected chi connectivity index (χ0v) is 22.1. The number of aromatic nitrogens is 2. The number of carbonyl (C=O) groups excluding carboxylic acids is 1. The number of carbonyl (C=O) groups is 1. The number of nitrogens with one attached hydrogen (secondary N) is 2. The Balaban J connectivity index is 1.58. The molecule has 4 aromatic rings. The number of aryl methyl sites for hydroxylation is 1. The molecule has 192 valence electrons. The van der Waals surface area contributed by atoms with Gasteiger partial charge < -0.3 is 21.1 Å². The van der Waals surface area contributed by atoms with Crippen molar-refractivity contribution >= 4 is 57.9 Å². The average molecular weight is 547 g/mol. The van der Waals surface area contributed by atoms with Gasteiger partial charge >= 0.3 is 5.97 Å². The maximum atomic E-state index is 12.1. The van der Waals surface area contributed by atoms with Gasteiger partial charge in [-0.1, -0.05) is 47.5 Å². The Bertz CT molecular complexity index is 1520. The SMILES string of the molecule is CCOC(=O)c1cccc(Nc2ncnc(Nc3cc(Cl)c(C(C#N)c4ccc(Cl)cc4)cc3C)c2N)c1. The number of benzene rings is 3. The Kier molecular flexibility index (Phi) is 8.31. The molecule has 0 radical (unpaired) electrons. The van der Waals surface area contributed by atoms with E-state index in [1.165, 1.54) is 6.33 Å². The van der Waals surface area contributed by atoms with Gasteiger partial charge in [-0.25, -0.2) is 14.8 Å². The van der Waals surface area contributed by atoms with Gasteiger partial charge in [0, 0.05) is 21.4 Å². The summed E-state index contributed by atoms with van der Waals surface area (Å²) in [4.78, 5) is 20.6. The van der Waals surface area contributed by atoms with E-state index in [9.17, 15) is 10.1 Å². The number of ether oxygens (including phenoxy) is 1. The van der Waals surface area contributed by atoms with Gasteiger partial charge in [0.05, 0.1) is 24.2 Å². The summed E-state index contributed by atoms with van der Waals surface area (Å²) in [6.07, 6.45) is 1.37. The first-order valence-electron chi connectivity index (χ1n) is 11.7. The fourth-order valence-electron chi connectivity index (χ4n) is 3.84. The molecule has 1 aromatic heterocycles. The fourth-order valence-corrected chi connectivity index (χ4v) is 4.23. The van der Waals surface area contributed by atoms with E-state index in [1.807, 2.05) is 25.1 Å². The molecule has 1 unspecified atom stereocenters. The molecule has 0 aliphatic heterocycles. The van der Waals surface area contributed by atoms with Crippen LogP contribution in [0, 0.1) is 18.3 Å². The molecule has 0 bridgehead atoms. The number of hydrogen-bond acceptors (Lipinski definition) is 8. The Morgan fingerprint density at radius 2 is 1.79 bits per heavy atom. The average Bonchev–Trinajstić information content (AvgIpc) is 2.91. The third kappa shape index (κ3) is 5.97.